The largest absolute Gasteiger partial charge is 0.317 e. The van der Waals surface area contributed by atoms with Gasteiger partial charge in [0.15, 0.2) is 0 Å². The van der Waals surface area contributed by atoms with Gasteiger partial charge in [-0.3, -0.25) is 9.88 Å². The molecule has 0 spiro atoms. The molecular formula is C23H30N4O2S. The van der Waals surface area contributed by atoms with Gasteiger partial charge in [-0.15, -0.1) is 0 Å². The van der Waals surface area contributed by atoms with Gasteiger partial charge in [-0.1, -0.05) is 36.4 Å². The summed E-state index contributed by atoms with van der Waals surface area (Å²) in [6, 6.07) is 16.1. The van der Waals surface area contributed by atoms with Gasteiger partial charge in [-0.2, -0.15) is 0 Å². The second-order valence-electron chi connectivity index (χ2n) is 7.86. The summed E-state index contributed by atoms with van der Waals surface area (Å²) in [6.07, 6.45) is 4.23. The predicted molar refractivity (Wildman–Crippen MR) is 119 cm³/mol. The molecule has 2 aromatic heterocycles. The van der Waals surface area contributed by atoms with E-state index in [2.05, 4.69) is 33.9 Å². The first kappa shape index (κ1) is 22.2. The van der Waals surface area contributed by atoms with E-state index < -0.39 is 15.1 Å². The van der Waals surface area contributed by atoms with Gasteiger partial charge >= 0.3 is 0 Å². The van der Waals surface area contributed by atoms with Gasteiger partial charge in [0.2, 0.25) is 15.0 Å². The molecule has 0 saturated carbocycles. The molecule has 0 aliphatic rings. The predicted octanol–water partition coefficient (Wildman–Crippen LogP) is 3.90. The highest BCUT2D eigenvalue weighted by Gasteiger charge is 2.27. The zero-order valence-corrected chi connectivity index (χ0v) is 18.9. The molecule has 0 bridgehead atoms. The number of rotatable bonds is 9. The van der Waals surface area contributed by atoms with Crippen LogP contribution in [0.5, 0.6) is 0 Å². The van der Waals surface area contributed by atoms with Gasteiger partial charge in [0.05, 0.1) is 22.8 Å². The van der Waals surface area contributed by atoms with Crippen molar-refractivity contribution in [2.75, 3.05) is 7.05 Å². The number of pyridine rings is 1. The number of hydrogen-bond acceptors (Lipinski definition) is 5. The lowest BCUT2D eigenvalue weighted by atomic mass is 10.1. The standard InChI is InChI=1S/C23H30N4O2S/c1-18(2)30(28,29)23-25-16-21(27(23)15-13-20-10-6-5-7-11-20)17-26(4)19(3)22-12-8-9-14-24-22/h5-12,14,16,18-19H,13,15,17H2,1-4H3. The fourth-order valence-corrected chi connectivity index (χ4v) is 4.46. The number of imidazole rings is 1. The Morgan fingerprint density at radius 2 is 1.70 bits per heavy atom. The summed E-state index contributed by atoms with van der Waals surface area (Å²) in [4.78, 5) is 10.9. The minimum Gasteiger partial charge on any atom is -0.317 e. The van der Waals surface area contributed by atoms with Crippen LogP contribution in [0.2, 0.25) is 0 Å². The Morgan fingerprint density at radius 1 is 1.00 bits per heavy atom. The molecule has 7 heteroatoms. The fourth-order valence-electron chi connectivity index (χ4n) is 3.32. The van der Waals surface area contributed by atoms with Crippen molar-refractivity contribution in [2.45, 2.75) is 56.7 Å². The van der Waals surface area contributed by atoms with Crippen LogP contribution in [0.15, 0.2) is 66.1 Å². The molecule has 0 radical (unpaired) electrons. The summed E-state index contributed by atoms with van der Waals surface area (Å²) in [5.41, 5.74) is 3.03. The molecular weight excluding hydrogens is 396 g/mol. The zero-order valence-electron chi connectivity index (χ0n) is 18.1. The monoisotopic (exact) mass is 426 g/mol. The van der Waals surface area contributed by atoms with Crippen molar-refractivity contribution in [3.8, 4) is 0 Å². The van der Waals surface area contributed by atoms with E-state index in [1.54, 1.807) is 26.2 Å². The van der Waals surface area contributed by atoms with E-state index in [-0.39, 0.29) is 11.2 Å². The first-order chi connectivity index (χ1) is 14.3. The van der Waals surface area contributed by atoms with E-state index in [4.69, 9.17) is 0 Å². The van der Waals surface area contributed by atoms with Crippen molar-refractivity contribution in [2.24, 2.45) is 0 Å². The Morgan fingerprint density at radius 3 is 2.33 bits per heavy atom. The first-order valence-electron chi connectivity index (χ1n) is 10.2. The Kier molecular flexibility index (Phi) is 7.05. The van der Waals surface area contributed by atoms with Gasteiger partial charge < -0.3 is 4.57 Å². The molecule has 0 amide bonds. The highest BCUT2D eigenvalue weighted by atomic mass is 32.2. The molecule has 1 unspecified atom stereocenters. The van der Waals surface area contributed by atoms with E-state index in [0.29, 0.717) is 13.1 Å². The van der Waals surface area contributed by atoms with Gasteiger partial charge in [0.25, 0.3) is 0 Å². The first-order valence-corrected chi connectivity index (χ1v) is 11.8. The third-order valence-corrected chi connectivity index (χ3v) is 7.51. The van der Waals surface area contributed by atoms with E-state index in [1.165, 1.54) is 5.56 Å². The van der Waals surface area contributed by atoms with Crippen molar-refractivity contribution in [1.82, 2.24) is 19.4 Å². The van der Waals surface area contributed by atoms with E-state index in [0.717, 1.165) is 17.8 Å². The second kappa shape index (κ2) is 9.53. The number of hydrogen-bond donors (Lipinski definition) is 0. The fraction of sp³-hybridized carbons (Fsp3) is 0.391. The van der Waals surface area contributed by atoms with E-state index in [9.17, 15) is 8.42 Å². The van der Waals surface area contributed by atoms with Crippen LogP contribution in [-0.2, 0) is 29.3 Å². The normalized spacial score (nSPS) is 13.1. The molecule has 160 valence electrons. The zero-order chi connectivity index (χ0) is 21.7. The van der Waals surface area contributed by atoms with Crippen molar-refractivity contribution >= 4 is 9.84 Å². The Balaban J connectivity index is 1.88. The number of benzene rings is 1. The maximum atomic E-state index is 12.9. The summed E-state index contributed by atoms with van der Waals surface area (Å²) < 4.78 is 27.7. The van der Waals surface area contributed by atoms with Gasteiger partial charge in [-0.25, -0.2) is 13.4 Å². The lowest BCUT2D eigenvalue weighted by Crippen LogP contribution is -2.26. The Hall–Kier alpha value is -2.51. The van der Waals surface area contributed by atoms with Gasteiger partial charge in [-0.05, 0) is 51.9 Å². The molecule has 3 rings (SSSR count). The summed E-state index contributed by atoms with van der Waals surface area (Å²) in [6.45, 7) is 6.62. The lowest BCUT2D eigenvalue weighted by molar-refractivity contribution is 0.241. The highest BCUT2D eigenvalue weighted by Crippen LogP contribution is 2.22. The molecule has 0 saturated heterocycles. The molecule has 1 atom stereocenters. The Bertz CT molecular complexity index is 1050. The quantitative estimate of drug-likeness (QED) is 0.519. The molecule has 30 heavy (non-hydrogen) atoms. The molecule has 0 aliphatic carbocycles. The maximum Gasteiger partial charge on any atom is 0.228 e. The van der Waals surface area contributed by atoms with Gasteiger partial charge in [0.1, 0.15) is 0 Å². The molecule has 0 N–H and O–H groups in total. The molecule has 0 aliphatic heterocycles. The number of aryl methyl sites for hydroxylation is 1. The molecule has 1 aromatic carbocycles. The second-order valence-corrected chi connectivity index (χ2v) is 10.3. The minimum absolute atomic E-state index is 0.0915. The Labute approximate surface area is 179 Å². The number of sulfone groups is 1. The topological polar surface area (TPSA) is 68.1 Å². The molecule has 2 heterocycles. The molecule has 6 nitrogen and oxygen atoms in total. The van der Waals surface area contributed by atoms with E-state index in [1.807, 2.05) is 48.0 Å². The lowest BCUT2D eigenvalue weighted by Gasteiger charge is -2.25. The average Bonchev–Trinajstić information content (AvgIpc) is 3.16. The molecule has 3 aromatic rings. The van der Waals surface area contributed by atoms with Crippen LogP contribution in [0.3, 0.4) is 0 Å². The van der Waals surface area contributed by atoms with Crippen molar-refractivity contribution in [3.05, 3.63) is 77.9 Å². The van der Waals surface area contributed by atoms with Crippen molar-refractivity contribution in [1.29, 1.82) is 0 Å². The minimum atomic E-state index is -3.48. The van der Waals surface area contributed by atoms with Crippen LogP contribution in [0.4, 0.5) is 0 Å². The van der Waals surface area contributed by atoms with Crippen molar-refractivity contribution < 1.29 is 8.42 Å². The SMILES string of the molecule is CC(c1ccccn1)N(C)Cc1cnc(S(=O)(=O)C(C)C)n1CCc1ccccc1. The van der Waals surface area contributed by atoms with Crippen LogP contribution >= 0.6 is 0 Å². The third-order valence-electron chi connectivity index (χ3n) is 5.43. The molecule has 0 fully saturated rings. The van der Waals surface area contributed by atoms with Crippen LogP contribution < -0.4 is 0 Å². The van der Waals surface area contributed by atoms with Crippen LogP contribution in [0.25, 0.3) is 0 Å². The average molecular weight is 427 g/mol. The van der Waals surface area contributed by atoms with Crippen LogP contribution in [0, 0.1) is 0 Å². The van der Waals surface area contributed by atoms with Crippen LogP contribution in [0.1, 0.15) is 43.8 Å². The van der Waals surface area contributed by atoms with Crippen molar-refractivity contribution in [3.63, 3.8) is 0 Å². The summed E-state index contributed by atoms with van der Waals surface area (Å²) in [5.74, 6) is 0. The summed E-state index contributed by atoms with van der Waals surface area (Å²) in [5, 5.41) is -0.365. The summed E-state index contributed by atoms with van der Waals surface area (Å²) in [7, 11) is -1.46. The third kappa shape index (κ3) is 4.96. The maximum absolute atomic E-state index is 12.9. The number of nitrogens with zero attached hydrogens (tertiary/aromatic N) is 4. The summed E-state index contributed by atoms with van der Waals surface area (Å²) >= 11 is 0. The van der Waals surface area contributed by atoms with Gasteiger partial charge in [0, 0.05) is 25.3 Å². The number of aromatic nitrogens is 3. The van der Waals surface area contributed by atoms with Crippen LogP contribution in [-0.4, -0.2) is 40.2 Å². The smallest absolute Gasteiger partial charge is 0.228 e. The highest BCUT2D eigenvalue weighted by molar-refractivity contribution is 7.91. The van der Waals surface area contributed by atoms with E-state index >= 15 is 0 Å².